The predicted octanol–water partition coefficient (Wildman–Crippen LogP) is 1.13. The summed E-state index contributed by atoms with van der Waals surface area (Å²) in [7, 11) is 0. The second kappa shape index (κ2) is 1.98. The number of ether oxygens (including phenoxy) is 1. The quantitative estimate of drug-likeness (QED) is 0.466. The minimum absolute atomic E-state index is 0.356. The summed E-state index contributed by atoms with van der Waals surface area (Å²) in [6.07, 6.45) is 3.22. The lowest BCUT2D eigenvalue weighted by Crippen LogP contribution is -1.92. The fraction of sp³-hybridized carbons (Fsp3) is 0.250. The first-order valence-corrected chi connectivity index (χ1v) is 2.26. The highest BCUT2D eigenvalue weighted by Crippen LogP contribution is 2.03. The first-order valence-electron chi connectivity index (χ1n) is 1.88. The molecule has 2 nitrogen and oxygen atoms in total. The average Bonchev–Trinajstić information content (AvgIpc) is 1.69. The van der Waals surface area contributed by atoms with E-state index in [2.05, 4.69) is 4.99 Å². The molecule has 0 aromatic carbocycles. The number of halogens is 1. The van der Waals surface area contributed by atoms with E-state index in [1.54, 1.807) is 12.3 Å². The summed E-state index contributed by atoms with van der Waals surface area (Å²) in [6.45, 7) is 0.356. The van der Waals surface area contributed by atoms with Crippen molar-refractivity contribution in [2.75, 3.05) is 6.73 Å². The van der Waals surface area contributed by atoms with E-state index in [4.69, 9.17) is 16.3 Å². The number of hydrogen-bond donors (Lipinski definition) is 0. The molecule has 0 aromatic rings. The molecule has 38 valence electrons. The summed E-state index contributed by atoms with van der Waals surface area (Å²) in [6, 6.07) is 0. The van der Waals surface area contributed by atoms with E-state index in [1.165, 1.54) is 0 Å². The third-order valence-corrected chi connectivity index (χ3v) is 0.823. The number of allylic oxidation sites excluding steroid dienone is 1. The second-order valence-corrected chi connectivity index (χ2v) is 1.45. The van der Waals surface area contributed by atoms with Gasteiger partial charge >= 0.3 is 0 Å². The minimum Gasteiger partial charge on any atom is -0.460 e. The van der Waals surface area contributed by atoms with E-state index in [1.807, 2.05) is 0 Å². The summed E-state index contributed by atoms with van der Waals surface area (Å²) in [5, 5.41) is 0.412. The van der Waals surface area contributed by atoms with Gasteiger partial charge in [-0.1, -0.05) is 0 Å². The molecule has 1 aliphatic rings. The highest BCUT2D eigenvalue weighted by molar-refractivity contribution is 6.29. The Hall–Kier alpha value is -0.500. The molecule has 3 heteroatoms. The normalized spacial score (nSPS) is 18.1. The summed E-state index contributed by atoms with van der Waals surface area (Å²) < 4.78 is 4.71. The maximum absolute atomic E-state index is 5.36. The lowest BCUT2D eigenvalue weighted by molar-refractivity contribution is 0.245. The largest absolute Gasteiger partial charge is 0.460 e. The predicted molar refractivity (Wildman–Crippen MR) is 28.4 cm³/mol. The maximum Gasteiger partial charge on any atom is 0.190 e. The van der Waals surface area contributed by atoms with Crippen LogP contribution in [0.25, 0.3) is 0 Å². The van der Waals surface area contributed by atoms with Gasteiger partial charge in [-0.05, 0) is 11.6 Å². The van der Waals surface area contributed by atoms with Crippen molar-refractivity contribution in [1.82, 2.24) is 0 Å². The van der Waals surface area contributed by atoms with E-state index in [9.17, 15) is 0 Å². The Labute approximate surface area is 46.5 Å². The zero-order valence-electron chi connectivity index (χ0n) is 3.60. The highest BCUT2D eigenvalue weighted by atomic mass is 35.5. The fourth-order valence-electron chi connectivity index (χ4n) is 0.301. The molecule has 0 saturated heterocycles. The molecule has 0 aromatic heterocycles. The van der Waals surface area contributed by atoms with Crippen LogP contribution in [0.1, 0.15) is 0 Å². The third-order valence-electron chi connectivity index (χ3n) is 0.588. The Kier molecular flexibility index (Phi) is 1.32. The van der Waals surface area contributed by atoms with Gasteiger partial charge in [0.25, 0.3) is 0 Å². The first kappa shape index (κ1) is 4.65. The van der Waals surface area contributed by atoms with Crippen LogP contribution >= 0.6 is 11.6 Å². The second-order valence-electron chi connectivity index (χ2n) is 1.08. The molecule has 1 heterocycles. The molecule has 7 heavy (non-hydrogen) atoms. The van der Waals surface area contributed by atoms with Crippen molar-refractivity contribution in [2.24, 2.45) is 4.99 Å². The van der Waals surface area contributed by atoms with Crippen molar-refractivity contribution >= 4 is 17.8 Å². The molecule has 0 N–H and O–H groups in total. The zero-order valence-corrected chi connectivity index (χ0v) is 4.35. The SMILES string of the molecule is ClC1=CC=NCO1. The van der Waals surface area contributed by atoms with Crippen molar-refractivity contribution in [1.29, 1.82) is 0 Å². The highest BCUT2D eigenvalue weighted by Gasteiger charge is 1.91. The molecule has 0 saturated carbocycles. The van der Waals surface area contributed by atoms with Crippen LogP contribution in [-0.2, 0) is 4.74 Å². The van der Waals surface area contributed by atoms with Gasteiger partial charge in [0.15, 0.2) is 11.9 Å². The van der Waals surface area contributed by atoms with Crippen LogP contribution in [0.2, 0.25) is 0 Å². The average molecular weight is 118 g/mol. The summed E-state index contributed by atoms with van der Waals surface area (Å²) >= 11 is 5.36. The van der Waals surface area contributed by atoms with Gasteiger partial charge in [-0.3, -0.25) is 4.99 Å². The van der Waals surface area contributed by atoms with E-state index in [0.717, 1.165) is 0 Å². The zero-order chi connectivity index (χ0) is 5.11. The van der Waals surface area contributed by atoms with E-state index in [0.29, 0.717) is 11.9 Å². The third kappa shape index (κ3) is 1.20. The van der Waals surface area contributed by atoms with Gasteiger partial charge in [0.05, 0.1) is 0 Å². The molecule has 0 amide bonds. The van der Waals surface area contributed by atoms with Crippen molar-refractivity contribution in [3.63, 3.8) is 0 Å². The number of aliphatic imine (C=N–C) groups is 1. The Morgan fingerprint density at radius 2 is 2.71 bits per heavy atom. The lowest BCUT2D eigenvalue weighted by atomic mass is 10.6. The van der Waals surface area contributed by atoms with E-state index < -0.39 is 0 Å². The molecule has 0 fully saturated rings. The molecular weight excluding hydrogens is 114 g/mol. The Bertz CT molecular complexity index is 119. The lowest BCUT2D eigenvalue weighted by Gasteiger charge is -2.00. The van der Waals surface area contributed by atoms with Crippen LogP contribution in [0, 0.1) is 0 Å². The van der Waals surface area contributed by atoms with Crippen molar-refractivity contribution in [3.8, 4) is 0 Å². The monoisotopic (exact) mass is 117 g/mol. The van der Waals surface area contributed by atoms with Crippen LogP contribution in [0.3, 0.4) is 0 Å². The first-order chi connectivity index (χ1) is 3.39. The fourth-order valence-corrected chi connectivity index (χ4v) is 0.407. The Balaban J connectivity index is 2.57. The molecule has 0 bridgehead atoms. The Morgan fingerprint density at radius 1 is 1.86 bits per heavy atom. The molecular formula is C4H4ClNO. The standard InChI is InChI=1S/C4H4ClNO/c5-4-1-2-6-3-7-4/h1-2H,3H2. The Morgan fingerprint density at radius 3 is 3.00 bits per heavy atom. The van der Waals surface area contributed by atoms with Crippen molar-refractivity contribution in [3.05, 3.63) is 11.3 Å². The van der Waals surface area contributed by atoms with Crippen LogP contribution < -0.4 is 0 Å². The van der Waals surface area contributed by atoms with Gasteiger partial charge in [0.2, 0.25) is 0 Å². The van der Waals surface area contributed by atoms with Gasteiger partial charge in [-0.2, -0.15) is 0 Å². The van der Waals surface area contributed by atoms with Gasteiger partial charge < -0.3 is 4.74 Å². The molecule has 1 aliphatic heterocycles. The van der Waals surface area contributed by atoms with Gasteiger partial charge in [0.1, 0.15) is 0 Å². The van der Waals surface area contributed by atoms with Crippen LogP contribution in [0.5, 0.6) is 0 Å². The van der Waals surface area contributed by atoms with Crippen LogP contribution in [-0.4, -0.2) is 12.9 Å². The van der Waals surface area contributed by atoms with Crippen LogP contribution in [0.4, 0.5) is 0 Å². The number of hydrogen-bond acceptors (Lipinski definition) is 2. The summed E-state index contributed by atoms with van der Waals surface area (Å²) in [5.74, 6) is 0. The molecule has 0 aliphatic carbocycles. The van der Waals surface area contributed by atoms with Crippen LogP contribution in [0.15, 0.2) is 16.3 Å². The van der Waals surface area contributed by atoms with Gasteiger partial charge in [-0.25, -0.2) is 0 Å². The summed E-state index contributed by atoms with van der Waals surface area (Å²) in [4.78, 5) is 3.72. The maximum atomic E-state index is 5.36. The van der Waals surface area contributed by atoms with Gasteiger partial charge in [-0.15, -0.1) is 0 Å². The summed E-state index contributed by atoms with van der Waals surface area (Å²) in [5.41, 5.74) is 0. The van der Waals surface area contributed by atoms with Crippen molar-refractivity contribution < 1.29 is 4.74 Å². The van der Waals surface area contributed by atoms with Crippen molar-refractivity contribution in [2.45, 2.75) is 0 Å². The van der Waals surface area contributed by atoms with Gasteiger partial charge in [0, 0.05) is 12.3 Å². The number of nitrogens with zero attached hydrogens (tertiary/aromatic N) is 1. The van der Waals surface area contributed by atoms with E-state index in [-0.39, 0.29) is 0 Å². The molecule has 0 atom stereocenters. The molecule has 0 radical (unpaired) electrons. The number of rotatable bonds is 0. The topological polar surface area (TPSA) is 21.6 Å². The smallest absolute Gasteiger partial charge is 0.190 e. The minimum atomic E-state index is 0.356. The van der Waals surface area contributed by atoms with E-state index >= 15 is 0 Å². The molecule has 1 rings (SSSR count). The molecule has 0 unspecified atom stereocenters. The molecule has 0 spiro atoms.